The summed E-state index contributed by atoms with van der Waals surface area (Å²) >= 11 is 1.46. The second kappa shape index (κ2) is 7.27. The Morgan fingerprint density at radius 3 is 2.76 bits per heavy atom. The number of fused-ring (bicyclic) bond motifs is 1. The van der Waals surface area contributed by atoms with E-state index in [0.717, 1.165) is 12.0 Å². The molecule has 0 aliphatic carbocycles. The number of thioether (sulfide) groups is 1. The summed E-state index contributed by atoms with van der Waals surface area (Å²) in [4.78, 5) is 31.7. The van der Waals surface area contributed by atoms with E-state index in [0.29, 0.717) is 16.4 Å². The van der Waals surface area contributed by atoms with Crippen molar-refractivity contribution in [2.75, 3.05) is 6.61 Å². The third-order valence-corrected chi connectivity index (χ3v) is 5.51. The van der Waals surface area contributed by atoms with E-state index in [1.54, 1.807) is 11.8 Å². The summed E-state index contributed by atoms with van der Waals surface area (Å²) in [7, 11) is 0. The first kappa shape index (κ1) is 17.5. The van der Waals surface area contributed by atoms with Crippen molar-refractivity contribution in [2.24, 2.45) is 4.99 Å². The molecule has 0 aromatic heterocycles. The largest absolute Gasteiger partial charge is 0.458 e. The minimum Gasteiger partial charge on any atom is -0.458 e. The van der Waals surface area contributed by atoms with E-state index < -0.39 is 12.0 Å². The van der Waals surface area contributed by atoms with E-state index in [2.05, 4.69) is 11.6 Å². The quantitative estimate of drug-likeness (QED) is 0.599. The molecule has 1 fully saturated rings. The van der Waals surface area contributed by atoms with Gasteiger partial charge in [0.1, 0.15) is 6.61 Å². The van der Waals surface area contributed by atoms with Crippen LogP contribution in [0.25, 0.3) is 0 Å². The zero-order valence-electron chi connectivity index (χ0n) is 14.3. The number of carbonyl (C=O) groups excluding carboxylic acids is 2. The number of carbonyl (C=O) groups is 2. The van der Waals surface area contributed by atoms with Crippen LogP contribution in [-0.4, -0.2) is 33.8 Å². The molecule has 5 nitrogen and oxygen atoms in total. The number of aliphatic imine (C=N–C) groups is 1. The van der Waals surface area contributed by atoms with Gasteiger partial charge >= 0.3 is 5.97 Å². The molecule has 2 aliphatic heterocycles. The summed E-state index contributed by atoms with van der Waals surface area (Å²) in [6.45, 7) is 7.46. The van der Waals surface area contributed by atoms with Crippen molar-refractivity contribution in [3.05, 3.63) is 59.8 Å². The van der Waals surface area contributed by atoms with E-state index in [4.69, 9.17) is 4.74 Å². The molecular formula is C19H20N2O3S. The first-order valence-electron chi connectivity index (χ1n) is 8.20. The number of rotatable bonds is 5. The molecule has 1 saturated heterocycles. The molecule has 2 heterocycles. The molecule has 1 aromatic rings. The highest BCUT2D eigenvalue weighted by Gasteiger charge is 2.47. The summed E-state index contributed by atoms with van der Waals surface area (Å²) in [5, 5.41) is 0.491. The van der Waals surface area contributed by atoms with Gasteiger partial charge in [0.15, 0.2) is 5.17 Å². The molecular weight excluding hydrogens is 336 g/mol. The number of ether oxygens (including phenoxy) is 1. The molecule has 0 spiro atoms. The molecule has 1 amide bonds. The van der Waals surface area contributed by atoms with Crippen LogP contribution in [0.1, 0.15) is 31.9 Å². The van der Waals surface area contributed by atoms with Crippen molar-refractivity contribution in [3.63, 3.8) is 0 Å². The Balaban J connectivity index is 2.09. The van der Waals surface area contributed by atoms with E-state index in [1.807, 2.05) is 37.3 Å². The van der Waals surface area contributed by atoms with Crippen LogP contribution in [0.15, 0.2) is 59.2 Å². The fraction of sp³-hybridized carbons (Fsp3) is 0.316. The maximum Gasteiger partial charge on any atom is 0.338 e. The first-order valence-corrected chi connectivity index (χ1v) is 9.08. The third kappa shape index (κ3) is 3.14. The van der Waals surface area contributed by atoms with Gasteiger partial charge in [-0.1, -0.05) is 61.7 Å². The lowest BCUT2D eigenvalue weighted by molar-refractivity contribution is -0.139. The van der Waals surface area contributed by atoms with Gasteiger partial charge in [0.2, 0.25) is 5.91 Å². The lowest BCUT2D eigenvalue weighted by Gasteiger charge is -2.33. The molecule has 2 atom stereocenters. The standard InChI is InChI=1S/C19H20N2O3S/c1-4-11-24-18(23)15-12(3)20-19-21(17(22)14(5-2)25-19)16(15)13-9-7-6-8-10-13/h4,6-10,14,16H,1,5,11H2,2-3H3/t14-,16+/m0/s1. The maximum absolute atomic E-state index is 12.9. The van der Waals surface area contributed by atoms with E-state index >= 15 is 0 Å². The van der Waals surface area contributed by atoms with Crippen LogP contribution in [0.4, 0.5) is 0 Å². The Hall–Kier alpha value is -2.34. The van der Waals surface area contributed by atoms with E-state index in [9.17, 15) is 9.59 Å². The van der Waals surface area contributed by atoms with Crippen LogP contribution >= 0.6 is 11.8 Å². The van der Waals surface area contributed by atoms with Crippen molar-refractivity contribution < 1.29 is 14.3 Å². The molecule has 0 N–H and O–H groups in total. The van der Waals surface area contributed by atoms with Crippen molar-refractivity contribution in [3.8, 4) is 0 Å². The highest BCUT2D eigenvalue weighted by atomic mass is 32.2. The van der Waals surface area contributed by atoms with Gasteiger partial charge in [0, 0.05) is 0 Å². The summed E-state index contributed by atoms with van der Waals surface area (Å²) in [5.74, 6) is -0.478. The Kier molecular flexibility index (Phi) is 5.08. The highest BCUT2D eigenvalue weighted by molar-refractivity contribution is 8.15. The third-order valence-electron chi connectivity index (χ3n) is 4.19. The number of amidine groups is 1. The van der Waals surface area contributed by atoms with Crippen LogP contribution in [0.3, 0.4) is 0 Å². The molecule has 1 aromatic carbocycles. The SMILES string of the molecule is C=CCOC(=O)C1=C(C)N=C2S[C@@H](CC)C(=O)N2[C@@H]1c1ccccc1. The number of hydrogen-bond donors (Lipinski definition) is 0. The zero-order chi connectivity index (χ0) is 18.0. The Morgan fingerprint density at radius 1 is 1.40 bits per heavy atom. The monoisotopic (exact) mass is 356 g/mol. The normalized spacial score (nSPS) is 22.6. The summed E-state index contributed by atoms with van der Waals surface area (Å²) in [5.41, 5.74) is 1.86. The first-order chi connectivity index (χ1) is 12.1. The van der Waals surface area contributed by atoms with Crippen LogP contribution in [0.2, 0.25) is 0 Å². The van der Waals surface area contributed by atoms with E-state index in [-0.39, 0.29) is 17.8 Å². The number of benzene rings is 1. The van der Waals surface area contributed by atoms with Gasteiger partial charge in [-0.15, -0.1) is 0 Å². The molecule has 25 heavy (non-hydrogen) atoms. The molecule has 0 unspecified atom stereocenters. The van der Waals surface area contributed by atoms with Gasteiger partial charge in [0.25, 0.3) is 0 Å². The average Bonchev–Trinajstić information content (AvgIpc) is 2.94. The lowest BCUT2D eigenvalue weighted by Crippen LogP contribution is -2.40. The minimum atomic E-state index is -0.512. The van der Waals surface area contributed by atoms with Gasteiger partial charge in [-0.05, 0) is 18.9 Å². The number of esters is 1. The van der Waals surface area contributed by atoms with Crippen molar-refractivity contribution in [1.29, 1.82) is 0 Å². The van der Waals surface area contributed by atoms with Crippen LogP contribution in [0, 0.1) is 0 Å². The highest BCUT2D eigenvalue weighted by Crippen LogP contribution is 2.43. The predicted octanol–water partition coefficient (Wildman–Crippen LogP) is 3.45. The predicted molar refractivity (Wildman–Crippen MR) is 99.0 cm³/mol. The Labute approximate surface area is 151 Å². The molecule has 0 saturated carbocycles. The summed E-state index contributed by atoms with van der Waals surface area (Å²) in [6.07, 6.45) is 2.24. The molecule has 130 valence electrons. The minimum absolute atomic E-state index is 0.0124. The average molecular weight is 356 g/mol. The second-order valence-electron chi connectivity index (χ2n) is 5.82. The van der Waals surface area contributed by atoms with Crippen LogP contribution in [-0.2, 0) is 14.3 Å². The van der Waals surface area contributed by atoms with Gasteiger partial charge in [-0.25, -0.2) is 9.79 Å². The zero-order valence-corrected chi connectivity index (χ0v) is 15.1. The maximum atomic E-state index is 12.9. The van der Waals surface area contributed by atoms with E-state index in [1.165, 1.54) is 17.8 Å². The van der Waals surface area contributed by atoms with Gasteiger partial charge < -0.3 is 4.74 Å². The fourth-order valence-electron chi connectivity index (χ4n) is 3.01. The summed E-state index contributed by atoms with van der Waals surface area (Å²) < 4.78 is 5.26. The lowest BCUT2D eigenvalue weighted by atomic mass is 9.94. The second-order valence-corrected chi connectivity index (χ2v) is 6.99. The molecule has 0 radical (unpaired) electrons. The Morgan fingerprint density at radius 2 is 2.12 bits per heavy atom. The smallest absolute Gasteiger partial charge is 0.338 e. The van der Waals surface area contributed by atoms with Gasteiger partial charge in [-0.3, -0.25) is 9.69 Å². The van der Waals surface area contributed by atoms with Gasteiger partial charge in [0.05, 0.1) is 22.6 Å². The Bertz CT molecular complexity index is 770. The number of hydrogen-bond acceptors (Lipinski definition) is 5. The van der Waals surface area contributed by atoms with Crippen molar-refractivity contribution >= 4 is 28.8 Å². The fourth-order valence-corrected chi connectivity index (χ4v) is 4.15. The topological polar surface area (TPSA) is 59.0 Å². The van der Waals surface area contributed by atoms with Crippen molar-refractivity contribution in [1.82, 2.24) is 4.90 Å². The van der Waals surface area contributed by atoms with Gasteiger partial charge in [-0.2, -0.15) is 0 Å². The number of nitrogens with zero attached hydrogens (tertiary/aromatic N) is 2. The number of amides is 1. The molecule has 2 aliphatic rings. The molecule has 3 rings (SSSR count). The summed E-state index contributed by atoms with van der Waals surface area (Å²) in [6, 6.07) is 9.02. The van der Waals surface area contributed by atoms with Crippen LogP contribution < -0.4 is 0 Å². The molecule has 0 bridgehead atoms. The van der Waals surface area contributed by atoms with Crippen molar-refractivity contribution in [2.45, 2.75) is 31.6 Å². The van der Waals surface area contributed by atoms with Crippen LogP contribution in [0.5, 0.6) is 0 Å². The number of allylic oxidation sites excluding steroid dienone is 1. The molecule has 6 heteroatoms.